The van der Waals surface area contributed by atoms with E-state index in [1.165, 1.54) is 34.3 Å². The SMILES string of the molecule is CC(C)Cc1cccc(CCP(c2ccccc2)c2ccccc2)c1. The van der Waals surface area contributed by atoms with Gasteiger partial charge in [0.15, 0.2) is 0 Å². The minimum atomic E-state index is -0.301. The molecule has 0 spiro atoms. The number of hydrogen-bond acceptors (Lipinski definition) is 0. The molecule has 0 aliphatic heterocycles. The quantitative estimate of drug-likeness (QED) is 0.491. The van der Waals surface area contributed by atoms with Gasteiger partial charge in [-0.05, 0) is 54.6 Å². The predicted octanol–water partition coefficient (Wildman–Crippen LogP) is 5.56. The first-order valence-electron chi connectivity index (χ1n) is 9.18. The van der Waals surface area contributed by atoms with Crippen molar-refractivity contribution in [1.82, 2.24) is 0 Å². The highest BCUT2D eigenvalue weighted by Crippen LogP contribution is 2.34. The van der Waals surface area contributed by atoms with Crippen LogP contribution in [0.15, 0.2) is 84.9 Å². The lowest BCUT2D eigenvalue weighted by Gasteiger charge is -2.19. The zero-order valence-corrected chi connectivity index (χ0v) is 16.1. The molecule has 3 aromatic rings. The first-order valence-corrected chi connectivity index (χ1v) is 10.7. The molecule has 3 aromatic carbocycles. The van der Waals surface area contributed by atoms with Crippen molar-refractivity contribution in [3.8, 4) is 0 Å². The van der Waals surface area contributed by atoms with Crippen LogP contribution in [-0.2, 0) is 12.8 Å². The zero-order valence-electron chi connectivity index (χ0n) is 15.2. The molecule has 0 unspecified atom stereocenters. The minimum Gasteiger partial charge on any atom is -0.0625 e. The Morgan fingerprint density at radius 2 is 1.24 bits per heavy atom. The molecule has 0 atom stereocenters. The van der Waals surface area contributed by atoms with E-state index < -0.39 is 0 Å². The van der Waals surface area contributed by atoms with Crippen LogP contribution in [0.1, 0.15) is 25.0 Å². The maximum Gasteiger partial charge on any atom is -0.0195 e. The highest BCUT2D eigenvalue weighted by molar-refractivity contribution is 7.73. The fourth-order valence-electron chi connectivity index (χ4n) is 3.25. The summed E-state index contributed by atoms with van der Waals surface area (Å²) in [7, 11) is -0.301. The lowest BCUT2D eigenvalue weighted by Crippen LogP contribution is -2.14. The topological polar surface area (TPSA) is 0 Å². The summed E-state index contributed by atoms with van der Waals surface area (Å²) in [4.78, 5) is 0. The van der Waals surface area contributed by atoms with Gasteiger partial charge in [0.05, 0.1) is 0 Å². The van der Waals surface area contributed by atoms with Gasteiger partial charge in [0.2, 0.25) is 0 Å². The van der Waals surface area contributed by atoms with Gasteiger partial charge in [-0.2, -0.15) is 0 Å². The smallest absolute Gasteiger partial charge is 0.0195 e. The molecule has 0 nitrogen and oxygen atoms in total. The number of rotatable bonds is 7. The summed E-state index contributed by atoms with van der Waals surface area (Å²) >= 11 is 0. The molecular weight excluding hydrogens is 319 g/mol. The summed E-state index contributed by atoms with van der Waals surface area (Å²) in [5.74, 6) is 0.709. The van der Waals surface area contributed by atoms with Crippen molar-refractivity contribution < 1.29 is 0 Å². The Morgan fingerprint density at radius 1 is 0.680 bits per heavy atom. The Hall–Kier alpha value is -1.91. The average molecular weight is 346 g/mol. The van der Waals surface area contributed by atoms with E-state index in [-0.39, 0.29) is 7.92 Å². The highest BCUT2D eigenvalue weighted by Gasteiger charge is 2.13. The second-order valence-electron chi connectivity index (χ2n) is 6.99. The van der Waals surface area contributed by atoms with Crippen LogP contribution in [0.2, 0.25) is 0 Å². The number of hydrogen-bond donors (Lipinski definition) is 0. The van der Waals surface area contributed by atoms with E-state index in [1.807, 2.05) is 0 Å². The third-order valence-corrected chi connectivity index (χ3v) is 6.91. The second-order valence-corrected chi connectivity index (χ2v) is 9.33. The van der Waals surface area contributed by atoms with E-state index >= 15 is 0 Å². The van der Waals surface area contributed by atoms with Crippen molar-refractivity contribution in [3.05, 3.63) is 96.1 Å². The monoisotopic (exact) mass is 346 g/mol. The third-order valence-electron chi connectivity index (χ3n) is 4.40. The van der Waals surface area contributed by atoms with Gasteiger partial charge in [0.25, 0.3) is 0 Å². The Bertz CT molecular complexity index is 723. The maximum absolute atomic E-state index is 2.41. The van der Waals surface area contributed by atoms with Gasteiger partial charge in [-0.25, -0.2) is 0 Å². The molecular formula is C24H27P. The minimum absolute atomic E-state index is 0.301. The van der Waals surface area contributed by atoms with Gasteiger partial charge in [-0.1, -0.05) is 98.8 Å². The molecule has 0 radical (unpaired) electrons. The number of aryl methyl sites for hydroxylation is 1. The summed E-state index contributed by atoms with van der Waals surface area (Å²) in [6, 6.07) is 31.2. The molecule has 0 aliphatic rings. The van der Waals surface area contributed by atoms with Crippen LogP contribution in [0.3, 0.4) is 0 Å². The summed E-state index contributed by atoms with van der Waals surface area (Å²) < 4.78 is 0. The number of benzene rings is 3. The molecule has 0 aliphatic carbocycles. The van der Waals surface area contributed by atoms with Gasteiger partial charge in [0.1, 0.15) is 0 Å². The summed E-state index contributed by atoms with van der Waals surface area (Å²) in [5.41, 5.74) is 2.94. The second kappa shape index (κ2) is 8.97. The molecule has 1 heteroatoms. The molecule has 128 valence electrons. The Balaban J connectivity index is 1.78. The lowest BCUT2D eigenvalue weighted by molar-refractivity contribution is 0.647. The van der Waals surface area contributed by atoms with Crippen molar-refractivity contribution in [3.63, 3.8) is 0 Å². The fraction of sp³-hybridized carbons (Fsp3) is 0.250. The average Bonchev–Trinajstić information content (AvgIpc) is 2.63. The summed E-state index contributed by atoms with van der Waals surface area (Å²) in [6.07, 6.45) is 3.51. The largest absolute Gasteiger partial charge is 0.0625 e. The Labute approximate surface area is 153 Å². The van der Waals surface area contributed by atoms with Crippen LogP contribution in [0.4, 0.5) is 0 Å². The van der Waals surface area contributed by atoms with Crippen LogP contribution in [0.5, 0.6) is 0 Å². The standard InChI is InChI=1S/C24H27P/c1-20(2)18-22-11-9-10-21(19-22)16-17-25(23-12-5-3-6-13-23)24-14-7-4-8-15-24/h3-15,19-20H,16-18H2,1-2H3. The third kappa shape index (κ3) is 5.28. The van der Waals surface area contributed by atoms with E-state index in [0.29, 0.717) is 5.92 Å². The molecule has 0 amide bonds. The fourth-order valence-corrected chi connectivity index (χ4v) is 5.61. The first kappa shape index (κ1) is 17.9. The van der Waals surface area contributed by atoms with Crippen LogP contribution >= 0.6 is 7.92 Å². The molecule has 3 rings (SSSR count). The van der Waals surface area contributed by atoms with E-state index in [2.05, 4.69) is 98.8 Å². The van der Waals surface area contributed by atoms with Crippen LogP contribution in [-0.4, -0.2) is 6.16 Å². The van der Waals surface area contributed by atoms with Crippen molar-refractivity contribution in [2.45, 2.75) is 26.7 Å². The van der Waals surface area contributed by atoms with Crippen LogP contribution in [0, 0.1) is 5.92 Å². The Kier molecular flexibility index (Phi) is 6.42. The van der Waals surface area contributed by atoms with E-state index in [0.717, 1.165) is 6.42 Å². The van der Waals surface area contributed by atoms with E-state index in [1.54, 1.807) is 0 Å². The van der Waals surface area contributed by atoms with Gasteiger partial charge in [0, 0.05) is 0 Å². The van der Waals surface area contributed by atoms with Crippen molar-refractivity contribution >= 4 is 18.5 Å². The van der Waals surface area contributed by atoms with Gasteiger partial charge >= 0.3 is 0 Å². The molecule has 0 aromatic heterocycles. The highest BCUT2D eigenvalue weighted by atomic mass is 31.1. The maximum atomic E-state index is 2.41. The van der Waals surface area contributed by atoms with Gasteiger partial charge in [-0.15, -0.1) is 0 Å². The van der Waals surface area contributed by atoms with E-state index in [4.69, 9.17) is 0 Å². The molecule has 0 saturated heterocycles. The zero-order chi connectivity index (χ0) is 17.5. The summed E-state index contributed by atoms with van der Waals surface area (Å²) in [5, 5.41) is 2.95. The lowest BCUT2D eigenvalue weighted by atomic mass is 10.0. The molecule has 0 saturated carbocycles. The molecule has 0 bridgehead atoms. The van der Waals surface area contributed by atoms with Gasteiger partial charge in [-0.3, -0.25) is 0 Å². The van der Waals surface area contributed by atoms with Crippen molar-refractivity contribution in [2.75, 3.05) is 6.16 Å². The summed E-state index contributed by atoms with van der Waals surface area (Å²) in [6.45, 7) is 4.58. The predicted molar refractivity (Wildman–Crippen MR) is 113 cm³/mol. The normalized spacial score (nSPS) is 11.2. The van der Waals surface area contributed by atoms with Crippen LogP contribution in [0.25, 0.3) is 0 Å². The molecule has 0 heterocycles. The van der Waals surface area contributed by atoms with Crippen molar-refractivity contribution in [2.24, 2.45) is 5.92 Å². The molecule has 0 fully saturated rings. The molecule has 0 N–H and O–H groups in total. The Morgan fingerprint density at radius 3 is 1.80 bits per heavy atom. The van der Waals surface area contributed by atoms with Crippen LogP contribution < -0.4 is 10.6 Å². The van der Waals surface area contributed by atoms with Crippen molar-refractivity contribution in [1.29, 1.82) is 0 Å². The van der Waals surface area contributed by atoms with E-state index in [9.17, 15) is 0 Å². The molecule has 25 heavy (non-hydrogen) atoms. The van der Waals surface area contributed by atoms with Gasteiger partial charge < -0.3 is 0 Å². The first-order chi connectivity index (χ1) is 12.2.